The average Bonchev–Trinajstić information content (AvgIpc) is 2.29. The lowest BCUT2D eigenvalue weighted by atomic mass is 10.2. The first kappa shape index (κ1) is 12.7. The molecule has 0 saturated heterocycles. The number of halogens is 2. The van der Waals surface area contributed by atoms with Gasteiger partial charge in [0.25, 0.3) is 6.43 Å². The van der Waals surface area contributed by atoms with Crippen molar-refractivity contribution in [3.8, 4) is 0 Å². The highest BCUT2D eigenvalue weighted by Crippen LogP contribution is 2.17. The molecule has 0 atom stereocenters. The van der Waals surface area contributed by atoms with Crippen LogP contribution in [0.15, 0.2) is 24.3 Å². The van der Waals surface area contributed by atoms with Crippen molar-refractivity contribution in [1.29, 1.82) is 0 Å². The van der Waals surface area contributed by atoms with E-state index in [0.717, 1.165) is 24.5 Å². The Hall–Kier alpha value is -1.32. The lowest BCUT2D eigenvalue weighted by Gasteiger charge is -2.21. The van der Waals surface area contributed by atoms with E-state index in [2.05, 4.69) is 24.1 Å². The fourth-order valence-electron chi connectivity index (χ4n) is 1.57. The van der Waals surface area contributed by atoms with Gasteiger partial charge in [-0.2, -0.15) is 0 Å². The van der Waals surface area contributed by atoms with Crippen LogP contribution in [-0.2, 0) is 0 Å². The molecule has 0 unspecified atom stereocenters. The van der Waals surface area contributed by atoms with E-state index in [1.165, 1.54) is 0 Å². The molecular formula is C12H18F2N2. The van der Waals surface area contributed by atoms with Crippen LogP contribution in [0.25, 0.3) is 0 Å². The number of hydrogen-bond acceptors (Lipinski definition) is 2. The fraction of sp³-hybridized carbons (Fsp3) is 0.500. The maximum Gasteiger partial charge on any atom is 0.255 e. The molecule has 0 aromatic heterocycles. The van der Waals surface area contributed by atoms with Crippen LogP contribution in [0.4, 0.5) is 20.2 Å². The zero-order valence-corrected chi connectivity index (χ0v) is 9.71. The molecule has 0 aliphatic carbocycles. The summed E-state index contributed by atoms with van der Waals surface area (Å²) < 4.78 is 23.9. The average molecular weight is 228 g/mol. The highest BCUT2D eigenvalue weighted by Gasteiger charge is 2.03. The minimum Gasteiger partial charge on any atom is -0.379 e. The first-order valence-corrected chi connectivity index (χ1v) is 5.54. The van der Waals surface area contributed by atoms with Gasteiger partial charge in [0.15, 0.2) is 0 Å². The molecule has 0 aliphatic heterocycles. The van der Waals surface area contributed by atoms with Crippen molar-refractivity contribution < 1.29 is 8.78 Å². The summed E-state index contributed by atoms with van der Waals surface area (Å²) in [6.07, 6.45) is -2.32. The molecular weight excluding hydrogens is 210 g/mol. The number of hydrogen-bond donors (Lipinski definition) is 1. The van der Waals surface area contributed by atoms with E-state index >= 15 is 0 Å². The molecule has 1 aromatic rings. The molecule has 0 amide bonds. The number of anilines is 2. The van der Waals surface area contributed by atoms with E-state index in [1.807, 2.05) is 24.3 Å². The van der Waals surface area contributed by atoms with Gasteiger partial charge in [-0.15, -0.1) is 0 Å². The Labute approximate surface area is 95.3 Å². The maximum absolute atomic E-state index is 12.0. The summed E-state index contributed by atoms with van der Waals surface area (Å²) in [4.78, 5) is 2.21. The predicted octanol–water partition coefficient (Wildman–Crippen LogP) is 3.21. The lowest BCUT2D eigenvalue weighted by Crippen LogP contribution is -2.21. The topological polar surface area (TPSA) is 15.3 Å². The smallest absolute Gasteiger partial charge is 0.255 e. The Morgan fingerprint density at radius 3 is 2.12 bits per heavy atom. The van der Waals surface area contributed by atoms with E-state index in [1.54, 1.807) is 0 Å². The minimum absolute atomic E-state index is 0.301. The highest BCUT2D eigenvalue weighted by molar-refractivity contribution is 5.55. The molecule has 0 bridgehead atoms. The number of nitrogens with one attached hydrogen (secondary N) is 1. The molecule has 0 radical (unpaired) electrons. The normalized spacial score (nSPS) is 10.6. The Morgan fingerprint density at radius 2 is 1.69 bits per heavy atom. The van der Waals surface area contributed by atoms with Gasteiger partial charge in [-0.25, -0.2) is 8.78 Å². The first-order valence-electron chi connectivity index (χ1n) is 5.54. The van der Waals surface area contributed by atoms with Gasteiger partial charge in [-0.3, -0.25) is 0 Å². The Bertz CT molecular complexity index is 294. The monoisotopic (exact) mass is 228 g/mol. The maximum atomic E-state index is 12.0. The second-order valence-corrected chi connectivity index (χ2v) is 3.49. The minimum atomic E-state index is -2.32. The van der Waals surface area contributed by atoms with Gasteiger partial charge in [-0.1, -0.05) is 0 Å². The summed E-state index contributed by atoms with van der Waals surface area (Å²) in [5, 5.41) is 2.68. The lowest BCUT2D eigenvalue weighted by molar-refractivity contribution is 0.163. The van der Waals surface area contributed by atoms with Crippen LogP contribution >= 0.6 is 0 Å². The van der Waals surface area contributed by atoms with Crippen molar-refractivity contribution in [2.24, 2.45) is 0 Å². The SMILES string of the molecule is CCN(CC)c1ccc(NCC(F)F)cc1. The molecule has 1 rings (SSSR count). The van der Waals surface area contributed by atoms with Gasteiger partial charge in [0.2, 0.25) is 0 Å². The standard InChI is InChI=1S/C12H18F2N2/c1-3-16(4-2)11-7-5-10(6-8-11)15-9-12(13)14/h5-8,12,15H,3-4,9H2,1-2H3. The quantitative estimate of drug-likeness (QED) is 0.804. The Morgan fingerprint density at radius 1 is 1.12 bits per heavy atom. The molecule has 0 saturated carbocycles. The Balaban J connectivity index is 2.60. The molecule has 0 fully saturated rings. The van der Waals surface area contributed by atoms with E-state index in [4.69, 9.17) is 0 Å². The number of rotatable bonds is 6. The molecule has 0 aliphatic rings. The largest absolute Gasteiger partial charge is 0.379 e. The van der Waals surface area contributed by atoms with Crippen LogP contribution in [0, 0.1) is 0 Å². The van der Waals surface area contributed by atoms with E-state index < -0.39 is 6.43 Å². The second kappa shape index (κ2) is 6.30. The second-order valence-electron chi connectivity index (χ2n) is 3.49. The van der Waals surface area contributed by atoms with Crippen molar-refractivity contribution in [1.82, 2.24) is 0 Å². The van der Waals surface area contributed by atoms with Crippen molar-refractivity contribution >= 4 is 11.4 Å². The van der Waals surface area contributed by atoms with Gasteiger partial charge in [0.05, 0.1) is 6.54 Å². The Kier molecular flexibility index (Phi) is 5.02. The number of nitrogens with zero attached hydrogens (tertiary/aromatic N) is 1. The van der Waals surface area contributed by atoms with Gasteiger partial charge in [0.1, 0.15) is 0 Å². The molecule has 16 heavy (non-hydrogen) atoms. The molecule has 2 nitrogen and oxygen atoms in total. The summed E-state index contributed by atoms with van der Waals surface area (Å²) in [5.74, 6) is 0. The van der Waals surface area contributed by atoms with Gasteiger partial charge >= 0.3 is 0 Å². The van der Waals surface area contributed by atoms with Crippen molar-refractivity contribution in [3.05, 3.63) is 24.3 Å². The van der Waals surface area contributed by atoms with Crippen LogP contribution in [0.3, 0.4) is 0 Å². The van der Waals surface area contributed by atoms with E-state index in [9.17, 15) is 8.78 Å². The summed E-state index contributed by atoms with van der Waals surface area (Å²) in [6.45, 7) is 5.77. The summed E-state index contributed by atoms with van der Waals surface area (Å²) in [5.41, 5.74) is 1.85. The number of benzene rings is 1. The van der Waals surface area contributed by atoms with Crippen LogP contribution in [0.2, 0.25) is 0 Å². The van der Waals surface area contributed by atoms with Crippen molar-refractivity contribution in [2.45, 2.75) is 20.3 Å². The van der Waals surface area contributed by atoms with Crippen molar-refractivity contribution in [2.75, 3.05) is 29.9 Å². The van der Waals surface area contributed by atoms with Crippen LogP contribution in [0.5, 0.6) is 0 Å². The van der Waals surface area contributed by atoms with E-state index in [-0.39, 0.29) is 6.54 Å². The third-order valence-electron chi connectivity index (χ3n) is 2.46. The van der Waals surface area contributed by atoms with Gasteiger partial charge in [0, 0.05) is 24.5 Å². The molecule has 0 heterocycles. The van der Waals surface area contributed by atoms with Crippen molar-refractivity contribution in [3.63, 3.8) is 0 Å². The van der Waals surface area contributed by atoms with Crippen LogP contribution < -0.4 is 10.2 Å². The summed E-state index contributed by atoms with van der Waals surface area (Å²) >= 11 is 0. The summed E-state index contributed by atoms with van der Waals surface area (Å²) in [7, 11) is 0. The molecule has 4 heteroatoms. The fourth-order valence-corrected chi connectivity index (χ4v) is 1.57. The molecule has 90 valence electrons. The predicted molar refractivity (Wildman–Crippen MR) is 64.5 cm³/mol. The van der Waals surface area contributed by atoms with E-state index in [0.29, 0.717) is 0 Å². The highest BCUT2D eigenvalue weighted by atomic mass is 19.3. The zero-order valence-electron chi connectivity index (χ0n) is 9.71. The molecule has 0 spiro atoms. The molecule has 1 N–H and O–H groups in total. The zero-order chi connectivity index (χ0) is 12.0. The van der Waals surface area contributed by atoms with Crippen LogP contribution in [-0.4, -0.2) is 26.1 Å². The summed E-state index contributed by atoms with van der Waals surface area (Å²) in [6, 6.07) is 7.55. The van der Waals surface area contributed by atoms with Crippen LogP contribution in [0.1, 0.15) is 13.8 Å². The molecule has 1 aromatic carbocycles. The third kappa shape index (κ3) is 3.68. The number of alkyl halides is 2. The third-order valence-corrected chi connectivity index (χ3v) is 2.46. The van der Waals surface area contributed by atoms with Gasteiger partial charge in [-0.05, 0) is 38.1 Å². The first-order chi connectivity index (χ1) is 7.67. The van der Waals surface area contributed by atoms with Gasteiger partial charge < -0.3 is 10.2 Å².